The monoisotopic (exact) mass is 263 g/mol. The molecule has 0 radical (unpaired) electrons. The highest BCUT2D eigenvalue weighted by molar-refractivity contribution is 4.98. The molecule has 1 aromatic rings. The Labute approximate surface area is 113 Å². The molecule has 0 unspecified atom stereocenters. The number of ether oxygens (including phenoxy) is 1. The van der Waals surface area contributed by atoms with Gasteiger partial charge in [0.1, 0.15) is 6.10 Å². The van der Waals surface area contributed by atoms with Gasteiger partial charge in [-0.25, -0.2) is 0 Å². The van der Waals surface area contributed by atoms with Crippen LogP contribution < -0.4 is 0 Å². The van der Waals surface area contributed by atoms with Gasteiger partial charge in [-0.2, -0.15) is 4.98 Å². The molecule has 4 rings (SSSR count). The predicted octanol–water partition coefficient (Wildman–Crippen LogP) is 2.08. The molecule has 0 amide bonds. The zero-order chi connectivity index (χ0) is 12.8. The zero-order valence-corrected chi connectivity index (χ0v) is 11.4. The fraction of sp³-hybridized carbons (Fsp3) is 0.857. The molecular weight excluding hydrogens is 242 g/mol. The summed E-state index contributed by atoms with van der Waals surface area (Å²) in [6.45, 7) is 4.34. The fourth-order valence-electron chi connectivity index (χ4n) is 3.50. The highest BCUT2D eigenvalue weighted by Crippen LogP contribution is 2.39. The Bertz CT molecular complexity index is 457. The number of fused-ring (bicyclic) bond motifs is 1. The lowest BCUT2D eigenvalue weighted by molar-refractivity contribution is -0.0826. The van der Waals surface area contributed by atoms with Gasteiger partial charge in [0.25, 0.3) is 5.89 Å². The van der Waals surface area contributed by atoms with Crippen molar-refractivity contribution < 1.29 is 9.26 Å². The first-order valence-electron chi connectivity index (χ1n) is 7.49. The number of nitrogens with zero attached hydrogens (tertiary/aromatic N) is 3. The number of aromatic nitrogens is 2. The molecular formula is C14H21N3O2. The molecule has 0 aromatic carbocycles. The highest BCUT2D eigenvalue weighted by Gasteiger charge is 2.42. The number of rotatable bonds is 3. The number of hydrogen-bond donors (Lipinski definition) is 0. The Morgan fingerprint density at radius 2 is 2.11 bits per heavy atom. The molecule has 19 heavy (non-hydrogen) atoms. The van der Waals surface area contributed by atoms with Gasteiger partial charge in [0.2, 0.25) is 0 Å². The summed E-state index contributed by atoms with van der Waals surface area (Å²) in [6.07, 6.45) is 6.60. The van der Waals surface area contributed by atoms with Gasteiger partial charge in [0.05, 0.1) is 6.10 Å². The second-order valence-corrected chi connectivity index (χ2v) is 6.21. The van der Waals surface area contributed by atoms with E-state index in [2.05, 4.69) is 15.0 Å². The van der Waals surface area contributed by atoms with E-state index in [9.17, 15) is 0 Å². The first-order chi connectivity index (χ1) is 9.29. The van der Waals surface area contributed by atoms with Crippen LogP contribution in [-0.2, 0) is 4.74 Å². The van der Waals surface area contributed by atoms with Crippen LogP contribution in [0.4, 0.5) is 0 Å². The lowest BCUT2D eigenvalue weighted by atomic mass is 9.99. The van der Waals surface area contributed by atoms with Gasteiger partial charge in [-0.1, -0.05) is 5.16 Å². The third-order valence-electron chi connectivity index (χ3n) is 4.67. The van der Waals surface area contributed by atoms with Crippen molar-refractivity contribution in [2.24, 2.45) is 5.92 Å². The summed E-state index contributed by atoms with van der Waals surface area (Å²) in [7, 11) is 0. The lowest BCUT2D eigenvalue weighted by Crippen LogP contribution is -2.41. The molecule has 0 spiro atoms. The third-order valence-corrected chi connectivity index (χ3v) is 4.67. The van der Waals surface area contributed by atoms with E-state index in [4.69, 9.17) is 9.26 Å². The molecule has 2 aliphatic heterocycles. The van der Waals surface area contributed by atoms with E-state index in [0.29, 0.717) is 23.9 Å². The Kier molecular flexibility index (Phi) is 2.84. The van der Waals surface area contributed by atoms with Crippen molar-refractivity contribution in [1.29, 1.82) is 0 Å². The molecule has 2 saturated heterocycles. The maximum atomic E-state index is 6.20. The van der Waals surface area contributed by atoms with Crippen LogP contribution in [0.15, 0.2) is 4.52 Å². The topological polar surface area (TPSA) is 51.4 Å². The van der Waals surface area contributed by atoms with Crippen LogP contribution in [0.25, 0.3) is 0 Å². The predicted molar refractivity (Wildman–Crippen MR) is 68.6 cm³/mol. The van der Waals surface area contributed by atoms with E-state index >= 15 is 0 Å². The average Bonchev–Trinajstić information content (AvgIpc) is 2.98. The second kappa shape index (κ2) is 4.56. The van der Waals surface area contributed by atoms with E-state index < -0.39 is 0 Å². The number of hydrogen-bond acceptors (Lipinski definition) is 5. The van der Waals surface area contributed by atoms with Crippen LogP contribution >= 0.6 is 0 Å². The molecule has 3 atom stereocenters. The Hall–Kier alpha value is -0.940. The molecule has 1 saturated carbocycles. The summed E-state index contributed by atoms with van der Waals surface area (Å²) in [5.74, 6) is 2.33. The Balaban J connectivity index is 1.41. The van der Waals surface area contributed by atoms with Crippen LogP contribution in [0, 0.1) is 12.8 Å². The van der Waals surface area contributed by atoms with Crippen LogP contribution in [0.5, 0.6) is 0 Å². The standard InChI is InChI=1S/C14H21N3O2/c1-9-15-14(19-16-9)13-5-4-11-12(18-13)6-7-17(11)8-10-2-3-10/h10-13H,2-8H2,1H3/t11-,12-,13-/m1/s1. The van der Waals surface area contributed by atoms with E-state index in [1.165, 1.54) is 32.4 Å². The average molecular weight is 263 g/mol. The van der Waals surface area contributed by atoms with Gasteiger partial charge in [0, 0.05) is 19.1 Å². The summed E-state index contributed by atoms with van der Waals surface area (Å²) >= 11 is 0. The minimum Gasteiger partial charge on any atom is -0.363 e. The van der Waals surface area contributed by atoms with Gasteiger partial charge < -0.3 is 9.26 Å². The molecule has 5 heteroatoms. The van der Waals surface area contributed by atoms with E-state index in [0.717, 1.165) is 18.8 Å². The Morgan fingerprint density at radius 3 is 2.84 bits per heavy atom. The summed E-state index contributed by atoms with van der Waals surface area (Å²) in [5, 5.41) is 3.86. The van der Waals surface area contributed by atoms with Gasteiger partial charge in [-0.05, 0) is 44.9 Å². The molecule has 0 bridgehead atoms. The van der Waals surface area contributed by atoms with Gasteiger partial charge in [-0.3, -0.25) is 4.90 Å². The highest BCUT2D eigenvalue weighted by atomic mass is 16.5. The quantitative estimate of drug-likeness (QED) is 0.835. The number of aryl methyl sites for hydroxylation is 1. The van der Waals surface area contributed by atoms with Crippen molar-refractivity contribution in [3.63, 3.8) is 0 Å². The van der Waals surface area contributed by atoms with E-state index in [-0.39, 0.29) is 6.10 Å². The molecule has 3 aliphatic rings. The minimum atomic E-state index is 0.0170. The second-order valence-electron chi connectivity index (χ2n) is 6.21. The first-order valence-corrected chi connectivity index (χ1v) is 7.49. The van der Waals surface area contributed by atoms with Gasteiger partial charge >= 0.3 is 0 Å². The lowest BCUT2D eigenvalue weighted by Gasteiger charge is -2.34. The molecule has 3 fully saturated rings. The number of likely N-dealkylation sites (tertiary alicyclic amines) is 1. The first kappa shape index (κ1) is 11.9. The van der Waals surface area contributed by atoms with Crippen molar-refractivity contribution in [3.05, 3.63) is 11.7 Å². The summed E-state index contributed by atoms with van der Waals surface area (Å²) in [4.78, 5) is 6.96. The van der Waals surface area contributed by atoms with Crippen molar-refractivity contribution in [3.8, 4) is 0 Å². The van der Waals surface area contributed by atoms with E-state index in [1.54, 1.807) is 0 Å². The molecule has 5 nitrogen and oxygen atoms in total. The fourth-order valence-corrected chi connectivity index (χ4v) is 3.50. The molecule has 0 N–H and O–H groups in total. The molecule has 1 aliphatic carbocycles. The normalized spacial score (nSPS) is 35.5. The van der Waals surface area contributed by atoms with Gasteiger partial charge in [-0.15, -0.1) is 0 Å². The molecule has 3 heterocycles. The van der Waals surface area contributed by atoms with Crippen molar-refractivity contribution in [2.75, 3.05) is 13.1 Å². The van der Waals surface area contributed by atoms with Crippen LogP contribution in [0.2, 0.25) is 0 Å². The SMILES string of the molecule is Cc1noc([C@H]2CC[C@@H]3[C@@H](CCN3CC3CC3)O2)n1. The van der Waals surface area contributed by atoms with Crippen LogP contribution in [-0.4, -0.2) is 40.3 Å². The third kappa shape index (κ3) is 2.30. The van der Waals surface area contributed by atoms with Crippen LogP contribution in [0.3, 0.4) is 0 Å². The summed E-state index contributed by atoms with van der Waals surface area (Å²) < 4.78 is 11.5. The van der Waals surface area contributed by atoms with E-state index in [1.807, 2.05) is 6.92 Å². The minimum absolute atomic E-state index is 0.0170. The summed E-state index contributed by atoms with van der Waals surface area (Å²) in [5.41, 5.74) is 0. The molecule has 1 aromatic heterocycles. The Morgan fingerprint density at radius 1 is 1.21 bits per heavy atom. The largest absolute Gasteiger partial charge is 0.363 e. The summed E-state index contributed by atoms with van der Waals surface area (Å²) in [6, 6.07) is 0.626. The van der Waals surface area contributed by atoms with Crippen LogP contribution in [0.1, 0.15) is 49.9 Å². The maximum absolute atomic E-state index is 6.20. The zero-order valence-electron chi connectivity index (χ0n) is 11.4. The van der Waals surface area contributed by atoms with Crippen molar-refractivity contribution in [2.45, 2.75) is 57.3 Å². The molecule has 104 valence electrons. The maximum Gasteiger partial charge on any atom is 0.255 e. The van der Waals surface area contributed by atoms with Gasteiger partial charge in [0.15, 0.2) is 5.82 Å². The van der Waals surface area contributed by atoms with Crippen molar-refractivity contribution >= 4 is 0 Å². The smallest absolute Gasteiger partial charge is 0.255 e. The van der Waals surface area contributed by atoms with Crippen molar-refractivity contribution in [1.82, 2.24) is 15.0 Å².